The third kappa shape index (κ3) is 4.26. The molecule has 1 atom stereocenters. The molecule has 0 aliphatic carbocycles. The molecule has 1 saturated heterocycles. The van der Waals surface area contributed by atoms with E-state index in [0.29, 0.717) is 12.0 Å². The third-order valence-electron chi connectivity index (χ3n) is 5.22. The summed E-state index contributed by atoms with van der Waals surface area (Å²) in [7, 11) is 0. The Bertz CT molecular complexity index is 798. The number of nitrogens with one attached hydrogen (secondary N) is 1. The number of urea groups is 1. The zero-order chi connectivity index (χ0) is 21.1. The van der Waals surface area contributed by atoms with Crippen LogP contribution in [-0.4, -0.2) is 51.8 Å². The summed E-state index contributed by atoms with van der Waals surface area (Å²) in [6.07, 6.45) is 2.18. The number of amides is 3. The number of aryl methyl sites for hydroxylation is 1. The number of esters is 1. The van der Waals surface area contributed by atoms with E-state index in [9.17, 15) is 19.2 Å². The summed E-state index contributed by atoms with van der Waals surface area (Å²) in [6.45, 7) is 9.20. The first-order chi connectivity index (χ1) is 13.1. The molecule has 0 unspecified atom stereocenters. The maximum Gasteiger partial charge on any atom is 0.326 e. The predicted molar refractivity (Wildman–Crippen MR) is 103 cm³/mol. The second-order valence-electron chi connectivity index (χ2n) is 7.37. The second kappa shape index (κ2) is 8.58. The van der Waals surface area contributed by atoms with E-state index in [0.717, 1.165) is 35.7 Å². The van der Waals surface area contributed by atoms with Crippen molar-refractivity contribution in [3.8, 4) is 0 Å². The van der Waals surface area contributed by atoms with Gasteiger partial charge >= 0.3 is 12.0 Å². The largest absolute Gasteiger partial charge is 0.456 e. The third-order valence-corrected chi connectivity index (χ3v) is 5.22. The van der Waals surface area contributed by atoms with Gasteiger partial charge in [0.05, 0.1) is 0 Å². The van der Waals surface area contributed by atoms with Gasteiger partial charge in [0.1, 0.15) is 12.1 Å². The molecule has 0 spiro atoms. The van der Waals surface area contributed by atoms with Crippen LogP contribution in [0.5, 0.6) is 0 Å². The molecule has 1 aliphatic heterocycles. The number of ketones is 1. The Morgan fingerprint density at radius 2 is 1.89 bits per heavy atom. The first kappa shape index (κ1) is 21.7. The van der Waals surface area contributed by atoms with Gasteiger partial charge in [-0.2, -0.15) is 0 Å². The number of carbonyl (C=O) groups excluding carboxylic acids is 4. The molecule has 0 saturated carbocycles. The summed E-state index contributed by atoms with van der Waals surface area (Å²) in [4.78, 5) is 50.0. The fourth-order valence-electron chi connectivity index (χ4n) is 3.56. The minimum atomic E-state index is -0.999. The molecular formula is C20H29N3O5. The highest BCUT2D eigenvalue weighted by molar-refractivity contribution is 6.08. The second-order valence-corrected chi connectivity index (χ2v) is 7.37. The number of hydrogen-bond acceptors (Lipinski definition) is 5. The Balaban J connectivity index is 1.95. The maximum atomic E-state index is 12.5. The molecule has 0 radical (unpaired) electrons. The molecule has 1 aliphatic rings. The fourth-order valence-corrected chi connectivity index (χ4v) is 3.56. The minimum absolute atomic E-state index is 0.314. The highest BCUT2D eigenvalue weighted by Crippen LogP contribution is 2.23. The van der Waals surface area contributed by atoms with Crippen molar-refractivity contribution in [1.82, 2.24) is 14.8 Å². The minimum Gasteiger partial charge on any atom is -0.456 e. The quantitative estimate of drug-likeness (QED) is 0.396. The topological polar surface area (TPSA) is 97.7 Å². The summed E-state index contributed by atoms with van der Waals surface area (Å²) in [5, 5.41) is 2.64. The predicted octanol–water partition coefficient (Wildman–Crippen LogP) is 2.35. The van der Waals surface area contributed by atoms with E-state index in [1.807, 2.05) is 32.3 Å². The number of rotatable bonds is 9. The molecule has 1 aromatic heterocycles. The van der Waals surface area contributed by atoms with Gasteiger partial charge in [-0.15, -0.1) is 0 Å². The molecule has 2 rings (SSSR count). The van der Waals surface area contributed by atoms with Crippen LogP contribution in [0.4, 0.5) is 4.79 Å². The van der Waals surface area contributed by atoms with Gasteiger partial charge in [0.15, 0.2) is 6.61 Å². The SMILES string of the molecule is CCCC[C@@]1(C)NC(=O)N(CC(=O)OCC(=O)c2cc(C)n(CC)c2C)C1=O. The Hall–Kier alpha value is -2.64. The molecule has 8 heteroatoms. The van der Waals surface area contributed by atoms with Crippen LogP contribution in [0.25, 0.3) is 0 Å². The van der Waals surface area contributed by atoms with Gasteiger partial charge in [0, 0.05) is 23.5 Å². The van der Waals surface area contributed by atoms with Gasteiger partial charge in [-0.3, -0.25) is 19.3 Å². The number of ether oxygens (including phenoxy) is 1. The van der Waals surface area contributed by atoms with E-state index in [1.54, 1.807) is 13.0 Å². The van der Waals surface area contributed by atoms with Crippen molar-refractivity contribution in [3.05, 3.63) is 23.0 Å². The lowest BCUT2D eigenvalue weighted by atomic mass is 9.95. The first-order valence-electron chi connectivity index (χ1n) is 9.64. The number of unbranched alkanes of at least 4 members (excludes halogenated alkanes) is 1. The van der Waals surface area contributed by atoms with Gasteiger partial charge in [-0.25, -0.2) is 4.79 Å². The number of carbonyl (C=O) groups is 4. The molecule has 0 aromatic carbocycles. The van der Waals surface area contributed by atoms with Crippen LogP contribution in [0, 0.1) is 13.8 Å². The number of imide groups is 1. The lowest BCUT2D eigenvalue weighted by Gasteiger charge is -2.21. The Labute approximate surface area is 165 Å². The van der Waals surface area contributed by atoms with Crippen LogP contribution in [-0.2, 0) is 20.9 Å². The lowest BCUT2D eigenvalue weighted by molar-refractivity contribution is -0.146. The molecule has 3 amide bonds. The van der Waals surface area contributed by atoms with Crippen molar-refractivity contribution < 1.29 is 23.9 Å². The Morgan fingerprint density at radius 1 is 1.21 bits per heavy atom. The summed E-state index contributed by atoms with van der Waals surface area (Å²) >= 11 is 0. The first-order valence-corrected chi connectivity index (χ1v) is 9.64. The molecule has 1 aromatic rings. The monoisotopic (exact) mass is 391 g/mol. The van der Waals surface area contributed by atoms with Crippen LogP contribution in [0.3, 0.4) is 0 Å². The molecule has 28 heavy (non-hydrogen) atoms. The van der Waals surface area contributed by atoms with Crippen LogP contribution in [0.1, 0.15) is 61.8 Å². The molecule has 2 heterocycles. The van der Waals surface area contributed by atoms with E-state index in [2.05, 4.69) is 5.32 Å². The standard InChI is InChI=1S/C20H29N3O5/c1-6-8-9-20(5)18(26)23(19(27)21-20)11-17(25)28-12-16(24)15-10-13(3)22(7-2)14(15)4/h10H,6-9,11-12H2,1-5H3,(H,21,27)/t20-/m1/s1. The normalized spacial score (nSPS) is 19.1. The summed E-state index contributed by atoms with van der Waals surface area (Å²) in [5.74, 6) is -1.55. The smallest absolute Gasteiger partial charge is 0.326 e. The fraction of sp³-hybridized carbons (Fsp3) is 0.600. The van der Waals surface area contributed by atoms with E-state index in [-0.39, 0.29) is 5.78 Å². The van der Waals surface area contributed by atoms with Gasteiger partial charge < -0.3 is 14.6 Å². The number of aromatic nitrogens is 1. The van der Waals surface area contributed by atoms with Crippen LogP contribution >= 0.6 is 0 Å². The van der Waals surface area contributed by atoms with Crippen LogP contribution < -0.4 is 5.32 Å². The van der Waals surface area contributed by atoms with E-state index in [4.69, 9.17) is 4.74 Å². The Kier molecular flexibility index (Phi) is 6.64. The summed E-state index contributed by atoms with van der Waals surface area (Å²) in [6, 6.07) is 1.16. The lowest BCUT2D eigenvalue weighted by Crippen LogP contribution is -2.44. The van der Waals surface area contributed by atoms with Crippen molar-refractivity contribution in [2.45, 2.75) is 66.0 Å². The summed E-state index contributed by atoms with van der Waals surface area (Å²) < 4.78 is 7.03. The van der Waals surface area contributed by atoms with Gasteiger partial charge in [0.2, 0.25) is 5.78 Å². The maximum absolute atomic E-state index is 12.5. The van der Waals surface area contributed by atoms with Gasteiger partial charge in [0.25, 0.3) is 5.91 Å². The van der Waals surface area contributed by atoms with Gasteiger partial charge in [-0.1, -0.05) is 19.8 Å². The summed E-state index contributed by atoms with van der Waals surface area (Å²) in [5.41, 5.74) is 1.29. The van der Waals surface area contributed by atoms with E-state index in [1.165, 1.54) is 0 Å². The average Bonchev–Trinajstić information content (AvgIpc) is 3.05. The van der Waals surface area contributed by atoms with Crippen LogP contribution in [0.15, 0.2) is 6.07 Å². The molecule has 1 N–H and O–H groups in total. The molecule has 8 nitrogen and oxygen atoms in total. The van der Waals surface area contributed by atoms with Gasteiger partial charge in [-0.05, 0) is 40.2 Å². The van der Waals surface area contributed by atoms with E-state index >= 15 is 0 Å². The van der Waals surface area contributed by atoms with Crippen molar-refractivity contribution in [1.29, 1.82) is 0 Å². The van der Waals surface area contributed by atoms with Crippen molar-refractivity contribution in [2.75, 3.05) is 13.2 Å². The molecule has 1 fully saturated rings. The number of hydrogen-bond donors (Lipinski definition) is 1. The zero-order valence-corrected chi connectivity index (χ0v) is 17.3. The highest BCUT2D eigenvalue weighted by atomic mass is 16.5. The molecule has 0 bridgehead atoms. The molecule has 154 valence electrons. The van der Waals surface area contributed by atoms with Crippen LogP contribution in [0.2, 0.25) is 0 Å². The van der Waals surface area contributed by atoms with Crippen molar-refractivity contribution >= 4 is 23.7 Å². The zero-order valence-electron chi connectivity index (χ0n) is 17.3. The highest BCUT2D eigenvalue weighted by Gasteiger charge is 2.47. The average molecular weight is 391 g/mol. The van der Waals surface area contributed by atoms with Crippen molar-refractivity contribution in [3.63, 3.8) is 0 Å². The number of nitrogens with zero attached hydrogens (tertiary/aromatic N) is 2. The molecular weight excluding hydrogens is 362 g/mol. The van der Waals surface area contributed by atoms with E-state index < -0.39 is 36.6 Å². The van der Waals surface area contributed by atoms with Crippen molar-refractivity contribution in [2.24, 2.45) is 0 Å². The number of Topliss-reactive ketones (excluding diaryl/α,β-unsaturated/α-hetero) is 1. The Morgan fingerprint density at radius 3 is 2.46 bits per heavy atom.